The first-order valence-corrected chi connectivity index (χ1v) is 11.9. The number of ketones is 1. The van der Waals surface area contributed by atoms with Gasteiger partial charge in [0.25, 0.3) is 11.7 Å². The van der Waals surface area contributed by atoms with Gasteiger partial charge in [-0.3, -0.25) is 9.59 Å². The zero-order valence-corrected chi connectivity index (χ0v) is 20.0. The number of benzene rings is 2. The SMILES string of the molecule is CCN(CC)CCCN1C(=O)C(=O)/C(=C(/O)c2ccc3c(c2)C[C@H](C)O3)[C@@H]1c1cccc(O)c1. The Morgan fingerprint density at radius 2 is 1.91 bits per heavy atom. The van der Waals surface area contributed by atoms with Gasteiger partial charge in [0.15, 0.2) is 0 Å². The van der Waals surface area contributed by atoms with E-state index in [1.165, 1.54) is 11.0 Å². The van der Waals surface area contributed by atoms with Gasteiger partial charge in [0.2, 0.25) is 0 Å². The molecule has 2 aromatic carbocycles. The first-order valence-electron chi connectivity index (χ1n) is 11.9. The first-order chi connectivity index (χ1) is 16.3. The minimum Gasteiger partial charge on any atom is -0.508 e. The van der Waals surface area contributed by atoms with E-state index in [0.717, 1.165) is 30.9 Å². The molecule has 0 aromatic heterocycles. The molecule has 2 aliphatic heterocycles. The maximum absolute atomic E-state index is 13.2. The number of carbonyl (C=O) groups excluding carboxylic acids is 2. The highest BCUT2D eigenvalue weighted by atomic mass is 16.5. The second-order valence-electron chi connectivity index (χ2n) is 8.92. The molecule has 1 saturated heterocycles. The van der Waals surface area contributed by atoms with E-state index in [2.05, 4.69) is 18.7 Å². The van der Waals surface area contributed by atoms with Gasteiger partial charge >= 0.3 is 0 Å². The van der Waals surface area contributed by atoms with Crippen LogP contribution in [0.5, 0.6) is 11.5 Å². The van der Waals surface area contributed by atoms with Gasteiger partial charge in [0.05, 0.1) is 11.6 Å². The second kappa shape index (κ2) is 9.89. The van der Waals surface area contributed by atoms with Gasteiger partial charge < -0.3 is 24.7 Å². The lowest BCUT2D eigenvalue weighted by Crippen LogP contribution is -2.33. The van der Waals surface area contributed by atoms with Crippen molar-refractivity contribution in [3.63, 3.8) is 0 Å². The third-order valence-electron chi connectivity index (χ3n) is 6.66. The summed E-state index contributed by atoms with van der Waals surface area (Å²) in [6, 6.07) is 11.1. The van der Waals surface area contributed by atoms with E-state index >= 15 is 0 Å². The summed E-state index contributed by atoms with van der Waals surface area (Å²) in [6.45, 7) is 9.14. The van der Waals surface area contributed by atoms with Crippen LogP contribution < -0.4 is 4.74 Å². The number of Topliss-reactive ketones (excluding diaryl/α,β-unsaturated/α-hetero) is 1. The number of fused-ring (bicyclic) bond motifs is 1. The molecule has 1 fully saturated rings. The molecule has 180 valence electrons. The summed E-state index contributed by atoms with van der Waals surface area (Å²) in [7, 11) is 0. The van der Waals surface area contributed by atoms with E-state index in [1.807, 2.05) is 13.0 Å². The van der Waals surface area contributed by atoms with Gasteiger partial charge in [-0.05, 0) is 74.4 Å². The highest BCUT2D eigenvalue weighted by Crippen LogP contribution is 2.41. The number of ether oxygens (including phenoxy) is 1. The van der Waals surface area contributed by atoms with E-state index in [-0.39, 0.29) is 23.2 Å². The molecule has 0 radical (unpaired) electrons. The normalized spacial score (nSPS) is 21.2. The molecular formula is C27H32N2O5. The van der Waals surface area contributed by atoms with Crippen LogP contribution in [0.1, 0.15) is 49.9 Å². The van der Waals surface area contributed by atoms with Crippen LogP contribution in [-0.2, 0) is 16.0 Å². The van der Waals surface area contributed by atoms with Crippen molar-refractivity contribution in [2.24, 2.45) is 0 Å². The fourth-order valence-corrected chi connectivity index (χ4v) is 4.88. The van der Waals surface area contributed by atoms with Gasteiger partial charge in [0.1, 0.15) is 23.4 Å². The van der Waals surface area contributed by atoms with E-state index in [1.54, 1.807) is 30.3 Å². The maximum atomic E-state index is 13.2. The number of phenols is 1. The first kappa shape index (κ1) is 23.8. The van der Waals surface area contributed by atoms with Gasteiger partial charge in [0, 0.05) is 18.5 Å². The summed E-state index contributed by atoms with van der Waals surface area (Å²) in [6.07, 6.45) is 1.46. The predicted molar refractivity (Wildman–Crippen MR) is 130 cm³/mol. The molecule has 0 saturated carbocycles. The standard InChI is InChI=1S/C27H32N2O5/c1-4-28(5-2)12-7-13-29-24(18-8-6-9-21(30)16-18)23(26(32)27(29)33)25(31)19-10-11-22-20(15-19)14-17(3)34-22/h6,8-11,15-17,24,30-31H,4-5,7,12-14H2,1-3H3/b25-23+/t17-,24-/m0/s1. The zero-order chi connectivity index (χ0) is 24.4. The van der Waals surface area contributed by atoms with E-state index < -0.39 is 17.7 Å². The molecule has 0 aliphatic carbocycles. The van der Waals surface area contributed by atoms with Crippen LogP contribution in [0.15, 0.2) is 48.0 Å². The highest BCUT2D eigenvalue weighted by molar-refractivity contribution is 6.46. The Kier molecular flexibility index (Phi) is 6.93. The summed E-state index contributed by atoms with van der Waals surface area (Å²) < 4.78 is 5.75. The second-order valence-corrected chi connectivity index (χ2v) is 8.92. The minimum absolute atomic E-state index is 0.0369. The van der Waals surface area contributed by atoms with Crippen molar-refractivity contribution in [2.45, 2.75) is 45.8 Å². The number of aliphatic hydroxyl groups is 1. The van der Waals surface area contributed by atoms with Gasteiger partial charge in [-0.15, -0.1) is 0 Å². The molecule has 2 aromatic rings. The maximum Gasteiger partial charge on any atom is 0.295 e. The number of likely N-dealkylation sites (tertiary alicyclic amines) is 1. The monoisotopic (exact) mass is 464 g/mol. The molecule has 2 N–H and O–H groups in total. The Hall–Kier alpha value is -3.32. The Bertz CT molecular complexity index is 1120. The number of nitrogens with zero attached hydrogens (tertiary/aromatic N) is 2. The number of aliphatic hydroxyl groups excluding tert-OH is 1. The number of aromatic hydroxyl groups is 1. The largest absolute Gasteiger partial charge is 0.508 e. The molecule has 7 nitrogen and oxygen atoms in total. The molecule has 0 spiro atoms. The molecule has 4 rings (SSSR count). The Labute approximate surface area is 200 Å². The number of amides is 1. The summed E-state index contributed by atoms with van der Waals surface area (Å²) in [4.78, 5) is 30.1. The highest BCUT2D eigenvalue weighted by Gasteiger charge is 2.46. The van der Waals surface area contributed by atoms with E-state index in [0.29, 0.717) is 30.5 Å². The third-order valence-corrected chi connectivity index (χ3v) is 6.66. The fraction of sp³-hybridized carbons (Fsp3) is 0.407. The van der Waals surface area contributed by atoms with Gasteiger partial charge in [-0.25, -0.2) is 0 Å². The van der Waals surface area contributed by atoms with Crippen LogP contribution >= 0.6 is 0 Å². The molecule has 34 heavy (non-hydrogen) atoms. The van der Waals surface area contributed by atoms with Crippen molar-refractivity contribution in [3.8, 4) is 11.5 Å². The molecule has 2 atom stereocenters. The number of rotatable bonds is 8. The summed E-state index contributed by atoms with van der Waals surface area (Å²) in [5, 5.41) is 21.4. The molecule has 2 aliphatic rings. The molecule has 1 amide bonds. The fourth-order valence-electron chi connectivity index (χ4n) is 4.88. The topological polar surface area (TPSA) is 90.3 Å². The van der Waals surface area contributed by atoms with E-state index in [4.69, 9.17) is 4.74 Å². The number of carbonyl (C=O) groups is 2. The summed E-state index contributed by atoms with van der Waals surface area (Å²) in [5.41, 5.74) is 2.06. The average molecular weight is 465 g/mol. The molecular weight excluding hydrogens is 432 g/mol. The smallest absolute Gasteiger partial charge is 0.295 e. The van der Waals surface area contributed by atoms with Crippen LogP contribution in [0.3, 0.4) is 0 Å². The van der Waals surface area contributed by atoms with Gasteiger partial charge in [-0.1, -0.05) is 26.0 Å². The average Bonchev–Trinajstić information content (AvgIpc) is 3.32. The third kappa shape index (κ3) is 4.53. The number of hydrogen-bond donors (Lipinski definition) is 2. The van der Waals surface area contributed by atoms with E-state index in [9.17, 15) is 19.8 Å². The summed E-state index contributed by atoms with van der Waals surface area (Å²) >= 11 is 0. The molecule has 2 heterocycles. The minimum atomic E-state index is -0.771. The van der Waals surface area contributed by atoms with Crippen molar-refractivity contribution < 1.29 is 24.5 Å². The van der Waals surface area contributed by atoms with Crippen LogP contribution in [0, 0.1) is 0 Å². The van der Waals surface area contributed by atoms with Crippen LogP contribution in [-0.4, -0.2) is 64.0 Å². The molecule has 7 heteroatoms. The Balaban J connectivity index is 1.73. The van der Waals surface area contributed by atoms with Crippen molar-refractivity contribution in [3.05, 3.63) is 64.7 Å². The number of phenolic OH excluding ortho intramolecular Hbond substituents is 1. The lowest BCUT2D eigenvalue weighted by molar-refractivity contribution is -0.140. The van der Waals surface area contributed by atoms with Crippen molar-refractivity contribution in [1.82, 2.24) is 9.80 Å². The lowest BCUT2D eigenvalue weighted by Gasteiger charge is -2.27. The van der Waals surface area contributed by atoms with Crippen molar-refractivity contribution >= 4 is 17.4 Å². The van der Waals surface area contributed by atoms with Gasteiger partial charge in [-0.2, -0.15) is 0 Å². The van der Waals surface area contributed by atoms with Crippen molar-refractivity contribution in [1.29, 1.82) is 0 Å². The van der Waals surface area contributed by atoms with Crippen molar-refractivity contribution in [2.75, 3.05) is 26.2 Å². The van der Waals surface area contributed by atoms with Crippen LogP contribution in [0.25, 0.3) is 5.76 Å². The summed E-state index contributed by atoms with van der Waals surface area (Å²) in [5.74, 6) is -0.744. The van der Waals surface area contributed by atoms with Crippen LogP contribution in [0.2, 0.25) is 0 Å². The predicted octanol–water partition coefficient (Wildman–Crippen LogP) is 3.87. The number of hydrogen-bond acceptors (Lipinski definition) is 6. The Morgan fingerprint density at radius 1 is 1.15 bits per heavy atom. The quantitative estimate of drug-likeness (QED) is 0.350. The van der Waals surface area contributed by atoms with Crippen LogP contribution in [0.4, 0.5) is 0 Å². The Morgan fingerprint density at radius 3 is 2.62 bits per heavy atom. The zero-order valence-electron chi connectivity index (χ0n) is 20.0. The lowest BCUT2D eigenvalue weighted by atomic mass is 9.94. The molecule has 0 bridgehead atoms. The molecule has 0 unspecified atom stereocenters.